The largest absolute Gasteiger partial charge is 0.487 e. The summed E-state index contributed by atoms with van der Waals surface area (Å²) in [7, 11) is -4.10. The molecule has 0 radical (unpaired) electrons. The number of nitrogens with one attached hydrogen (secondary N) is 1. The highest BCUT2D eigenvalue weighted by molar-refractivity contribution is 7.51. The van der Waals surface area contributed by atoms with Crippen LogP contribution in [0.1, 0.15) is 31.3 Å². The van der Waals surface area contributed by atoms with Gasteiger partial charge in [0.15, 0.2) is 6.61 Å². The van der Waals surface area contributed by atoms with E-state index in [0.717, 1.165) is 18.2 Å². The van der Waals surface area contributed by atoms with Gasteiger partial charge in [0.25, 0.3) is 11.1 Å². The van der Waals surface area contributed by atoms with Gasteiger partial charge in [0.1, 0.15) is 17.3 Å². The second kappa shape index (κ2) is 21.6. The average Bonchev–Trinajstić information content (AvgIpc) is 3.59. The van der Waals surface area contributed by atoms with Crippen molar-refractivity contribution in [2.45, 2.75) is 39.2 Å². The Morgan fingerprint density at radius 3 is 2.10 bits per heavy atom. The molecule has 0 unspecified atom stereocenters. The van der Waals surface area contributed by atoms with Crippen LogP contribution >= 0.6 is 30.5 Å². The van der Waals surface area contributed by atoms with E-state index < -0.39 is 72.6 Å². The van der Waals surface area contributed by atoms with Gasteiger partial charge in [0.05, 0.1) is 34.9 Å². The molecule has 318 valence electrons. The number of nitro groups is 1. The van der Waals surface area contributed by atoms with Crippen molar-refractivity contribution in [1.82, 2.24) is 15.5 Å². The van der Waals surface area contributed by atoms with E-state index in [1.54, 1.807) is 20.8 Å². The third kappa shape index (κ3) is 16.8. The molecule has 0 spiro atoms. The van der Waals surface area contributed by atoms with Gasteiger partial charge in [-0.15, -0.1) is 5.10 Å². The van der Waals surface area contributed by atoms with Crippen molar-refractivity contribution < 1.29 is 78.9 Å². The summed E-state index contributed by atoms with van der Waals surface area (Å²) >= 11 is 6.01. The molecule has 1 amide bonds. The van der Waals surface area contributed by atoms with Crippen LogP contribution in [0.25, 0.3) is 0 Å². The molecule has 0 aliphatic carbocycles. The van der Waals surface area contributed by atoms with E-state index in [9.17, 15) is 55.0 Å². The van der Waals surface area contributed by atoms with Crippen molar-refractivity contribution in [2.75, 3.05) is 30.9 Å². The number of aliphatic carboxylic acids is 1. The lowest BCUT2D eigenvalue weighted by molar-refractivity contribution is -0.385. The maximum Gasteiger partial charge on any atom is 0.445 e. The SMILES string of the molecule is CC(C)N(C(=O)COc1nnc(C(F)(F)F)s1)c1ccc(F)cc1.CCOc1cc(Oc2ccc(C(F)(F)F)cc2Cl)ccc1[N+](=O)[O-].O=C(O)CNCP(=O)(O)O. The number of carbonyl (C=O) groups excluding carboxylic acids is 1. The zero-order chi connectivity index (χ0) is 44.0. The number of ether oxygens (including phenoxy) is 3. The van der Waals surface area contributed by atoms with E-state index >= 15 is 0 Å². The van der Waals surface area contributed by atoms with Crippen LogP contribution < -0.4 is 24.4 Å². The Labute approximate surface area is 332 Å². The van der Waals surface area contributed by atoms with E-state index in [0.29, 0.717) is 5.69 Å². The molecule has 0 aliphatic heterocycles. The molecule has 0 atom stereocenters. The van der Waals surface area contributed by atoms with Crippen LogP contribution in [0.4, 0.5) is 42.1 Å². The number of carbonyl (C=O) groups is 2. The molecular weight excluding hydrogens is 862 g/mol. The monoisotopic (exact) mass is 893 g/mol. The summed E-state index contributed by atoms with van der Waals surface area (Å²) in [5.74, 6) is -1.97. The highest BCUT2D eigenvalue weighted by Gasteiger charge is 2.36. The quantitative estimate of drug-likeness (QED) is 0.0411. The number of nitro benzene ring substituents is 1. The molecule has 4 N–H and O–H groups in total. The summed E-state index contributed by atoms with van der Waals surface area (Å²) in [4.78, 5) is 50.1. The van der Waals surface area contributed by atoms with Crippen molar-refractivity contribution in [3.63, 3.8) is 0 Å². The van der Waals surface area contributed by atoms with Gasteiger partial charge < -0.3 is 34.0 Å². The molecule has 0 bridgehead atoms. The van der Waals surface area contributed by atoms with Crippen molar-refractivity contribution in [2.24, 2.45) is 0 Å². The molecule has 1 heterocycles. The van der Waals surface area contributed by atoms with E-state index in [1.807, 2.05) is 0 Å². The molecule has 3 aromatic carbocycles. The summed E-state index contributed by atoms with van der Waals surface area (Å²) < 4.78 is 114. The van der Waals surface area contributed by atoms with Crippen LogP contribution in [0, 0.1) is 15.9 Å². The number of hydrogen-bond acceptors (Lipinski definition) is 12. The van der Waals surface area contributed by atoms with Gasteiger partial charge >= 0.3 is 31.6 Å². The molecule has 16 nitrogen and oxygen atoms in total. The van der Waals surface area contributed by atoms with E-state index in [-0.39, 0.29) is 57.1 Å². The number of rotatable bonds is 14. The summed E-state index contributed by atoms with van der Waals surface area (Å²) in [6.07, 6.45) is -9.72. The number of hydrogen-bond donors (Lipinski definition) is 4. The molecule has 0 saturated carbocycles. The number of amides is 1. The van der Waals surface area contributed by atoms with Gasteiger partial charge in [0, 0.05) is 23.9 Å². The number of halogens is 8. The number of aromatic nitrogens is 2. The first-order valence-electron chi connectivity index (χ1n) is 15.9. The fourth-order valence-electron chi connectivity index (χ4n) is 4.08. The Balaban J connectivity index is 0.000000326. The smallest absolute Gasteiger partial charge is 0.445 e. The van der Waals surface area contributed by atoms with Gasteiger partial charge in [0.2, 0.25) is 10.8 Å². The first-order valence-corrected chi connectivity index (χ1v) is 18.9. The van der Waals surface area contributed by atoms with E-state index in [4.69, 9.17) is 40.7 Å². The molecule has 1 aromatic heterocycles. The third-order valence-electron chi connectivity index (χ3n) is 6.37. The zero-order valence-corrected chi connectivity index (χ0v) is 32.4. The van der Waals surface area contributed by atoms with Gasteiger partial charge in [-0.1, -0.05) is 28.0 Å². The third-order valence-corrected chi connectivity index (χ3v) is 8.18. The number of benzene rings is 3. The predicted molar refractivity (Wildman–Crippen MR) is 193 cm³/mol. The second-order valence-corrected chi connectivity index (χ2v) is 14.2. The maximum atomic E-state index is 13.0. The number of carboxylic acids is 1. The molecule has 0 aliphatic rings. The first kappa shape index (κ1) is 49.0. The number of alkyl halides is 6. The summed E-state index contributed by atoms with van der Waals surface area (Å²) in [6.45, 7) is 4.39. The highest BCUT2D eigenvalue weighted by atomic mass is 35.5. The van der Waals surface area contributed by atoms with E-state index in [1.165, 1.54) is 47.4 Å². The minimum atomic E-state index is -4.61. The Morgan fingerprint density at radius 1 is 0.983 bits per heavy atom. The van der Waals surface area contributed by atoms with E-state index in [2.05, 4.69) is 15.5 Å². The van der Waals surface area contributed by atoms with Crippen molar-refractivity contribution in [1.29, 1.82) is 0 Å². The molecule has 58 heavy (non-hydrogen) atoms. The Morgan fingerprint density at radius 2 is 1.62 bits per heavy atom. The Kier molecular flexibility index (Phi) is 18.2. The van der Waals surface area contributed by atoms with Crippen molar-refractivity contribution in [3.8, 4) is 22.4 Å². The van der Waals surface area contributed by atoms with Crippen LogP contribution in [0.2, 0.25) is 5.02 Å². The van der Waals surface area contributed by atoms with Gasteiger partial charge in [-0.3, -0.25) is 29.6 Å². The van der Waals surface area contributed by atoms with Crippen molar-refractivity contribution in [3.05, 3.63) is 92.2 Å². The number of carboxylic acid groups (broad SMARTS) is 1. The fourth-order valence-corrected chi connectivity index (χ4v) is 5.27. The van der Waals surface area contributed by atoms with Crippen LogP contribution in [0.15, 0.2) is 60.7 Å². The summed E-state index contributed by atoms with van der Waals surface area (Å²) in [5.41, 5.74) is -0.700. The lowest BCUT2D eigenvalue weighted by Gasteiger charge is -2.26. The van der Waals surface area contributed by atoms with Crippen molar-refractivity contribution >= 4 is 53.8 Å². The van der Waals surface area contributed by atoms with Crippen LogP contribution in [-0.4, -0.2) is 74.0 Å². The molecular formula is C32H32ClF7N5O11PS. The highest BCUT2D eigenvalue weighted by Crippen LogP contribution is 2.39. The maximum absolute atomic E-state index is 13.0. The van der Waals surface area contributed by atoms with Crippen LogP contribution in [-0.2, 0) is 26.5 Å². The molecule has 0 saturated heterocycles. The average molecular weight is 894 g/mol. The van der Waals surface area contributed by atoms with Crippen LogP contribution in [0.5, 0.6) is 22.4 Å². The zero-order valence-electron chi connectivity index (χ0n) is 30.0. The summed E-state index contributed by atoms with van der Waals surface area (Å²) in [6, 6.07) is 11.4. The molecule has 4 rings (SSSR count). The molecule has 0 fully saturated rings. The lowest BCUT2D eigenvalue weighted by atomic mass is 10.2. The number of anilines is 1. The van der Waals surface area contributed by atoms with Gasteiger partial charge in [-0.25, -0.2) is 4.39 Å². The summed E-state index contributed by atoms with van der Waals surface area (Å²) in [5, 5.41) is 25.4. The van der Waals surface area contributed by atoms with Gasteiger partial charge in [-0.05, 0) is 69.3 Å². The minimum absolute atomic E-state index is 0.0111. The first-order chi connectivity index (χ1) is 26.8. The normalized spacial score (nSPS) is 11.4. The Bertz CT molecular complexity index is 2050. The topological polar surface area (TPSA) is 224 Å². The lowest BCUT2D eigenvalue weighted by Crippen LogP contribution is -2.40. The molecule has 26 heteroatoms. The minimum Gasteiger partial charge on any atom is -0.487 e. The standard InChI is InChI=1S/C15H11ClF3NO4.C14H13F4N3O2S.C3H8NO5P/c1-2-23-14-8-10(4-5-12(14)20(21)22)24-13-6-3-9(7-11(13)16)15(17,18)19;1-8(2)21(10-5-3-9(15)4-6-10)11(22)7-23-13-20-19-12(24-13)14(16,17)18;5-3(6)1-4-2-10(7,8)9/h3-8H,2H2,1H3;3-6,8H,7H2,1-2H3;4H,1-2H2,(H,5,6)(H2,7,8,9). The Hall–Kier alpha value is -5.13. The number of nitrogens with zero attached hydrogens (tertiary/aromatic N) is 4. The van der Waals surface area contributed by atoms with Crippen LogP contribution in [0.3, 0.4) is 0 Å². The fraction of sp³-hybridized carbons (Fsp3) is 0.312. The van der Waals surface area contributed by atoms with Gasteiger partial charge in [-0.2, -0.15) is 26.3 Å². The molecule has 4 aromatic rings. The second-order valence-electron chi connectivity index (χ2n) is 11.2. The predicted octanol–water partition coefficient (Wildman–Crippen LogP) is 7.77.